The largest absolute Gasteiger partial charge is 0.450 e. The number of alkyl carbamates (subject to hydrolysis) is 1. The molecule has 4 rings (SSSR count). The standard InChI is InChI=1S/C25H32N4O6S2/c1-4-35-25(32)27-23(31)21-19-11-12-28(3)15-20(19)36-24(21)26-22(30)17-5-7-18(8-6-17)37(33,34)29-13-9-16(2)10-14-29/h5-8,16H,4,9-15H2,1-3H3,(H,26,30)(H,27,31,32). The van der Waals surface area contributed by atoms with Gasteiger partial charge in [-0.25, -0.2) is 13.2 Å². The van der Waals surface area contributed by atoms with Crippen molar-refractivity contribution < 1.29 is 27.5 Å². The summed E-state index contributed by atoms with van der Waals surface area (Å²) in [7, 11) is -1.65. The molecule has 1 aromatic heterocycles. The van der Waals surface area contributed by atoms with Gasteiger partial charge in [-0.1, -0.05) is 6.92 Å². The molecule has 1 saturated heterocycles. The van der Waals surface area contributed by atoms with Gasteiger partial charge < -0.3 is 15.0 Å². The van der Waals surface area contributed by atoms with E-state index >= 15 is 0 Å². The number of imide groups is 1. The molecule has 1 fully saturated rings. The summed E-state index contributed by atoms with van der Waals surface area (Å²) < 4.78 is 32.3. The molecular weight excluding hydrogens is 516 g/mol. The highest BCUT2D eigenvalue weighted by Crippen LogP contribution is 2.37. The van der Waals surface area contributed by atoms with Crippen LogP contribution in [0.5, 0.6) is 0 Å². The minimum Gasteiger partial charge on any atom is -0.450 e. The first-order valence-electron chi connectivity index (χ1n) is 12.3. The molecule has 3 amide bonds. The third-order valence-electron chi connectivity index (χ3n) is 6.69. The number of rotatable bonds is 6. The fourth-order valence-electron chi connectivity index (χ4n) is 4.51. The van der Waals surface area contributed by atoms with E-state index in [1.165, 1.54) is 39.9 Å². The van der Waals surface area contributed by atoms with Gasteiger partial charge in [0.1, 0.15) is 5.00 Å². The van der Waals surface area contributed by atoms with Crippen LogP contribution >= 0.6 is 11.3 Å². The number of hydrogen-bond donors (Lipinski definition) is 2. The highest BCUT2D eigenvalue weighted by Gasteiger charge is 2.30. The van der Waals surface area contributed by atoms with Gasteiger partial charge in [-0.2, -0.15) is 4.31 Å². The van der Waals surface area contributed by atoms with Gasteiger partial charge in [0.15, 0.2) is 0 Å². The van der Waals surface area contributed by atoms with Crippen LogP contribution in [0.15, 0.2) is 29.2 Å². The maximum absolute atomic E-state index is 13.1. The maximum atomic E-state index is 13.1. The number of fused-ring (bicyclic) bond motifs is 1. The Balaban J connectivity index is 1.54. The first kappa shape index (κ1) is 27.2. The lowest BCUT2D eigenvalue weighted by molar-refractivity contribution is 0.0924. The summed E-state index contributed by atoms with van der Waals surface area (Å²) in [5, 5.41) is 5.37. The van der Waals surface area contributed by atoms with Gasteiger partial charge in [-0.15, -0.1) is 11.3 Å². The number of hydrogen-bond acceptors (Lipinski definition) is 8. The molecule has 2 aliphatic heterocycles. The van der Waals surface area contributed by atoms with E-state index < -0.39 is 27.9 Å². The predicted molar refractivity (Wildman–Crippen MR) is 140 cm³/mol. The summed E-state index contributed by atoms with van der Waals surface area (Å²) in [5.41, 5.74) is 1.32. The first-order valence-corrected chi connectivity index (χ1v) is 14.6. The molecule has 0 atom stereocenters. The van der Waals surface area contributed by atoms with Crippen LogP contribution < -0.4 is 10.6 Å². The number of piperidine rings is 1. The van der Waals surface area contributed by atoms with E-state index in [1.54, 1.807) is 6.92 Å². The quantitative estimate of drug-likeness (QED) is 0.567. The zero-order valence-corrected chi connectivity index (χ0v) is 22.8. The molecule has 12 heteroatoms. The van der Waals surface area contributed by atoms with Crippen molar-refractivity contribution in [2.75, 3.05) is 38.6 Å². The van der Waals surface area contributed by atoms with Crippen molar-refractivity contribution in [3.63, 3.8) is 0 Å². The lowest BCUT2D eigenvalue weighted by Crippen LogP contribution is -2.37. The molecule has 10 nitrogen and oxygen atoms in total. The van der Waals surface area contributed by atoms with Crippen LogP contribution in [0.3, 0.4) is 0 Å². The van der Waals surface area contributed by atoms with E-state index in [1.807, 2.05) is 7.05 Å². The first-order chi connectivity index (χ1) is 17.6. The lowest BCUT2D eigenvalue weighted by Gasteiger charge is -2.29. The molecule has 0 bridgehead atoms. The van der Waals surface area contributed by atoms with Gasteiger partial charge in [0.2, 0.25) is 10.0 Å². The van der Waals surface area contributed by atoms with Crippen LogP contribution in [0.25, 0.3) is 0 Å². The molecule has 1 aromatic carbocycles. The van der Waals surface area contributed by atoms with Gasteiger partial charge in [0.05, 0.1) is 17.1 Å². The van der Waals surface area contributed by atoms with Crippen LogP contribution in [-0.4, -0.2) is 68.8 Å². The smallest absolute Gasteiger partial charge is 0.414 e. The molecular formula is C25H32N4O6S2. The van der Waals surface area contributed by atoms with Crippen LogP contribution in [0.2, 0.25) is 0 Å². The highest BCUT2D eigenvalue weighted by atomic mass is 32.2. The summed E-state index contributed by atoms with van der Waals surface area (Å²) in [5.74, 6) is -0.605. The number of nitrogens with one attached hydrogen (secondary N) is 2. The SMILES string of the molecule is CCOC(=O)NC(=O)c1c(NC(=O)c2ccc(S(=O)(=O)N3CCC(C)CC3)cc2)sc2c1CCN(C)C2. The van der Waals surface area contributed by atoms with Crippen molar-refractivity contribution in [1.29, 1.82) is 0 Å². The minimum absolute atomic E-state index is 0.123. The number of amides is 3. The number of carbonyl (C=O) groups is 3. The van der Waals surface area contributed by atoms with E-state index in [-0.39, 0.29) is 22.6 Å². The van der Waals surface area contributed by atoms with E-state index in [0.29, 0.717) is 37.0 Å². The Morgan fingerprint density at radius 1 is 1.08 bits per heavy atom. The Hall–Kier alpha value is -2.80. The number of sulfonamides is 1. The van der Waals surface area contributed by atoms with Crippen molar-refractivity contribution in [2.24, 2.45) is 5.92 Å². The summed E-state index contributed by atoms with van der Waals surface area (Å²) >= 11 is 1.29. The second-order valence-corrected chi connectivity index (χ2v) is 12.5. The normalized spacial score (nSPS) is 17.2. The van der Waals surface area contributed by atoms with E-state index in [9.17, 15) is 22.8 Å². The van der Waals surface area contributed by atoms with Crippen LogP contribution in [0.1, 0.15) is 57.8 Å². The van der Waals surface area contributed by atoms with Crippen molar-refractivity contribution in [1.82, 2.24) is 14.5 Å². The van der Waals surface area contributed by atoms with Gasteiger partial charge in [-0.3, -0.25) is 14.9 Å². The van der Waals surface area contributed by atoms with Crippen LogP contribution in [-0.2, 0) is 27.7 Å². The zero-order chi connectivity index (χ0) is 26.7. The van der Waals surface area contributed by atoms with Crippen molar-refractivity contribution in [3.05, 3.63) is 45.8 Å². The Morgan fingerprint density at radius 2 is 1.76 bits per heavy atom. The van der Waals surface area contributed by atoms with Gasteiger partial charge in [0, 0.05) is 36.6 Å². The van der Waals surface area contributed by atoms with E-state index in [2.05, 4.69) is 22.5 Å². The summed E-state index contributed by atoms with van der Waals surface area (Å²) in [6.07, 6.45) is 1.40. The van der Waals surface area contributed by atoms with Crippen molar-refractivity contribution in [2.45, 2.75) is 44.6 Å². The zero-order valence-electron chi connectivity index (χ0n) is 21.2. The number of carbonyl (C=O) groups excluding carboxylic acids is 3. The number of benzene rings is 1. The number of nitrogens with zero attached hydrogens (tertiary/aromatic N) is 2. The maximum Gasteiger partial charge on any atom is 0.414 e. The Bertz CT molecular complexity index is 1280. The molecule has 0 radical (unpaired) electrons. The molecule has 200 valence electrons. The fraction of sp³-hybridized carbons (Fsp3) is 0.480. The van der Waals surface area contributed by atoms with Crippen LogP contribution in [0, 0.1) is 5.92 Å². The Kier molecular flexibility index (Phi) is 8.32. The van der Waals surface area contributed by atoms with E-state index in [4.69, 9.17) is 4.74 Å². The Morgan fingerprint density at radius 3 is 2.41 bits per heavy atom. The molecule has 0 unspecified atom stereocenters. The minimum atomic E-state index is -3.63. The van der Waals surface area contributed by atoms with Crippen molar-refractivity contribution in [3.8, 4) is 0 Å². The molecule has 2 aliphatic rings. The highest BCUT2D eigenvalue weighted by molar-refractivity contribution is 7.89. The van der Waals surface area contributed by atoms with Gasteiger partial charge in [0.25, 0.3) is 11.8 Å². The number of likely N-dealkylation sites (N-methyl/N-ethyl adjacent to an activating group) is 1. The summed E-state index contributed by atoms with van der Waals surface area (Å²) in [4.78, 5) is 41.1. The molecule has 0 spiro atoms. The molecule has 2 aromatic rings. The second-order valence-electron chi connectivity index (χ2n) is 9.44. The molecule has 2 N–H and O–H groups in total. The summed E-state index contributed by atoms with van der Waals surface area (Å²) in [6.45, 7) is 6.21. The Labute approximate surface area is 221 Å². The van der Waals surface area contributed by atoms with Crippen LogP contribution in [0.4, 0.5) is 9.80 Å². The molecule has 3 heterocycles. The number of ether oxygens (including phenoxy) is 1. The number of thiophene rings is 1. The third kappa shape index (κ3) is 6.03. The summed E-state index contributed by atoms with van der Waals surface area (Å²) in [6, 6.07) is 5.80. The molecule has 37 heavy (non-hydrogen) atoms. The number of anilines is 1. The topological polar surface area (TPSA) is 125 Å². The van der Waals surface area contributed by atoms with E-state index in [0.717, 1.165) is 29.8 Å². The third-order valence-corrected chi connectivity index (χ3v) is 9.73. The monoisotopic (exact) mass is 548 g/mol. The predicted octanol–water partition coefficient (Wildman–Crippen LogP) is 3.30. The second kappa shape index (κ2) is 11.3. The average Bonchev–Trinajstić information content (AvgIpc) is 3.21. The molecule has 0 saturated carbocycles. The average molecular weight is 549 g/mol. The lowest BCUT2D eigenvalue weighted by atomic mass is 10.0. The fourth-order valence-corrected chi connectivity index (χ4v) is 7.30. The van der Waals surface area contributed by atoms with Gasteiger partial charge in [-0.05, 0) is 69.0 Å². The van der Waals surface area contributed by atoms with Gasteiger partial charge >= 0.3 is 6.09 Å². The van der Waals surface area contributed by atoms with Crippen molar-refractivity contribution >= 4 is 44.3 Å². The molecule has 0 aliphatic carbocycles.